The van der Waals surface area contributed by atoms with E-state index in [1.807, 2.05) is 0 Å². The summed E-state index contributed by atoms with van der Waals surface area (Å²) in [5, 5.41) is 14.2. The lowest BCUT2D eigenvalue weighted by molar-refractivity contribution is -0.139. The maximum Gasteiger partial charge on any atom is 0.407 e. The van der Waals surface area contributed by atoms with E-state index in [1.165, 1.54) is 7.11 Å². The molecule has 0 saturated carbocycles. The van der Waals surface area contributed by atoms with Crippen molar-refractivity contribution in [2.75, 3.05) is 26.1 Å². The number of halogens is 3. The molecule has 1 unspecified atom stereocenters. The Bertz CT molecular complexity index is 693. The number of carbonyl (C=O) groups is 3. The van der Waals surface area contributed by atoms with Crippen molar-refractivity contribution >= 4 is 58.3 Å². The highest BCUT2D eigenvalue weighted by Crippen LogP contribution is 2.26. The molecular formula is C16H19Cl3N2O6. The molecule has 150 valence electrons. The van der Waals surface area contributed by atoms with Crippen LogP contribution in [0.3, 0.4) is 0 Å². The van der Waals surface area contributed by atoms with Gasteiger partial charge in [0.05, 0.1) is 12.7 Å². The number of carbonyl (C=O) groups excluding carboxylic acids is 2. The molecular weight excluding hydrogens is 423 g/mol. The molecule has 8 nitrogen and oxygen atoms in total. The van der Waals surface area contributed by atoms with Gasteiger partial charge in [0.2, 0.25) is 3.79 Å². The van der Waals surface area contributed by atoms with Crippen molar-refractivity contribution in [3.63, 3.8) is 0 Å². The zero-order valence-corrected chi connectivity index (χ0v) is 16.8. The van der Waals surface area contributed by atoms with E-state index in [0.717, 1.165) is 5.69 Å². The molecule has 0 radical (unpaired) electrons. The second-order valence-corrected chi connectivity index (χ2v) is 7.87. The Labute approximate surface area is 171 Å². The fourth-order valence-electron chi connectivity index (χ4n) is 2.08. The van der Waals surface area contributed by atoms with Crippen molar-refractivity contribution in [3.8, 4) is 5.75 Å². The fraction of sp³-hybridized carbons (Fsp3) is 0.438. The minimum Gasteiger partial charge on any atom is -0.496 e. The van der Waals surface area contributed by atoms with Gasteiger partial charge in [-0.2, -0.15) is 0 Å². The monoisotopic (exact) mass is 440 g/mol. The van der Waals surface area contributed by atoms with Gasteiger partial charge in [-0.05, 0) is 18.6 Å². The van der Waals surface area contributed by atoms with Gasteiger partial charge in [-0.1, -0.05) is 34.8 Å². The fourth-order valence-corrected chi connectivity index (χ4v) is 2.24. The molecule has 0 saturated heterocycles. The average Bonchev–Trinajstić information content (AvgIpc) is 2.61. The van der Waals surface area contributed by atoms with Gasteiger partial charge < -0.3 is 25.2 Å². The second-order valence-electron chi connectivity index (χ2n) is 5.35. The van der Waals surface area contributed by atoms with Gasteiger partial charge in [-0.25, -0.2) is 9.59 Å². The minimum absolute atomic E-state index is 0.142. The molecule has 3 N–H and O–H groups in total. The maximum absolute atomic E-state index is 12.4. The van der Waals surface area contributed by atoms with Crippen LogP contribution in [0.2, 0.25) is 0 Å². The maximum atomic E-state index is 12.4. The van der Waals surface area contributed by atoms with Crippen LogP contribution in [0.4, 0.5) is 10.5 Å². The molecule has 27 heavy (non-hydrogen) atoms. The number of rotatable bonds is 9. The Hall–Kier alpha value is -1.90. The Morgan fingerprint density at radius 2 is 1.93 bits per heavy atom. The van der Waals surface area contributed by atoms with E-state index in [1.54, 1.807) is 25.2 Å². The summed E-state index contributed by atoms with van der Waals surface area (Å²) in [4.78, 5) is 35.3. The SMILES string of the molecule is CNc1ccc(C(=O)CCC(NC(=O)OCC(Cl)(Cl)Cl)C(=O)O)c(OC)c1. The zero-order valence-electron chi connectivity index (χ0n) is 14.6. The third kappa shape index (κ3) is 8.11. The number of aliphatic carboxylic acids is 1. The van der Waals surface area contributed by atoms with Gasteiger partial charge in [0, 0.05) is 25.2 Å². The first kappa shape index (κ1) is 23.1. The molecule has 1 rings (SSSR count). The van der Waals surface area contributed by atoms with Crippen LogP contribution in [0.1, 0.15) is 23.2 Å². The van der Waals surface area contributed by atoms with E-state index in [4.69, 9.17) is 39.5 Å². The predicted octanol–water partition coefficient (Wildman–Crippen LogP) is 3.25. The zero-order chi connectivity index (χ0) is 20.6. The lowest BCUT2D eigenvalue weighted by Crippen LogP contribution is -2.42. The molecule has 1 atom stereocenters. The van der Waals surface area contributed by atoms with Crippen molar-refractivity contribution in [1.29, 1.82) is 0 Å². The summed E-state index contributed by atoms with van der Waals surface area (Å²) >= 11 is 16.3. The normalized spacial score (nSPS) is 12.0. The number of anilines is 1. The molecule has 0 bridgehead atoms. The first-order valence-electron chi connectivity index (χ1n) is 7.69. The number of alkyl carbamates (subject to hydrolysis) is 1. The molecule has 11 heteroatoms. The molecule has 1 aromatic carbocycles. The largest absolute Gasteiger partial charge is 0.496 e. The van der Waals surface area contributed by atoms with Gasteiger partial charge in [-0.3, -0.25) is 4.79 Å². The predicted molar refractivity (Wildman–Crippen MR) is 102 cm³/mol. The average molecular weight is 442 g/mol. The number of hydrogen-bond donors (Lipinski definition) is 3. The number of ether oxygens (including phenoxy) is 2. The van der Waals surface area contributed by atoms with Crippen LogP contribution in [-0.2, 0) is 9.53 Å². The summed E-state index contributed by atoms with van der Waals surface area (Å²) < 4.78 is 7.99. The topological polar surface area (TPSA) is 114 Å². The molecule has 1 aromatic rings. The van der Waals surface area contributed by atoms with Gasteiger partial charge in [0.25, 0.3) is 0 Å². The van der Waals surface area contributed by atoms with Gasteiger partial charge in [0.1, 0.15) is 18.4 Å². The number of ketones is 1. The van der Waals surface area contributed by atoms with E-state index in [9.17, 15) is 19.5 Å². The molecule has 0 aliphatic carbocycles. The quantitative estimate of drug-likeness (QED) is 0.398. The number of nitrogens with one attached hydrogen (secondary N) is 2. The molecule has 0 spiro atoms. The summed E-state index contributed by atoms with van der Waals surface area (Å²) in [7, 11) is 3.15. The molecule has 0 heterocycles. The minimum atomic E-state index is -1.82. The highest BCUT2D eigenvalue weighted by molar-refractivity contribution is 6.67. The van der Waals surface area contributed by atoms with Gasteiger partial charge in [0.15, 0.2) is 5.78 Å². The van der Waals surface area contributed by atoms with Crippen molar-refractivity contribution in [2.24, 2.45) is 0 Å². The number of Topliss-reactive ketones (excluding diaryl/α,β-unsaturated/α-hetero) is 1. The smallest absolute Gasteiger partial charge is 0.407 e. The van der Waals surface area contributed by atoms with Gasteiger partial charge in [-0.15, -0.1) is 0 Å². The number of benzene rings is 1. The van der Waals surface area contributed by atoms with Crippen molar-refractivity contribution in [2.45, 2.75) is 22.7 Å². The van der Waals surface area contributed by atoms with E-state index in [0.29, 0.717) is 11.3 Å². The standard InChI is InChI=1S/C16H19Cl3N2O6/c1-20-9-3-4-10(13(7-9)26-2)12(22)6-5-11(14(23)24)21-15(25)27-8-16(17,18)19/h3-4,7,11,20H,5-6,8H2,1-2H3,(H,21,25)(H,23,24). The summed E-state index contributed by atoms with van der Waals surface area (Å²) in [6.45, 7) is -0.552. The number of carboxylic acid groups (broad SMARTS) is 1. The van der Waals surface area contributed by atoms with E-state index >= 15 is 0 Å². The summed E-state index contributed by atoms with van der Waals surface area (Å²) in [5.74, 6) is -1.31. The molecule has 1 amide bonds. The number of alkyl halides is 3. The van der Waals surface area contributed by atoms with Crippen LogP contribution >= 0.6 is 34.8 Å². The molecule has 0 fully saturated rings. The second kappa shape index (κ2) is 10.4. The van der Waals surface area contributed by atoms with Crippen LogP contribution in [-0.4, -0.2) is 53.6 Å². The Kier molecular flexibility index (Phi) is 8.95. The van der Waals surface area contributed by atoms with Crippen molar-refractivity contribution in [3.05, 3.63) is 23.8 Å². The van der Waals surface area contributed by atoms with Crippen LogP contribution in [0, 0.1) is 0 Å². The van der Waals surface area contributed by atoms with Crippen LogP contribution in [0.5, 0.6) is 5.75 Å². The van der Waals surface area contributed by atoms with Crippen molar-refractivity contribution < 1.29 is 29.0 Å². The van der Waals surface area contributed by atoms with Crippen LogP contribution < -0.4 is 15.4 Å². The molecule has 0 aromatic heterocycles. The summed E-state index contributed by atoms with van der Waals surface area (Å²) in [5.41, 5.74) is 1.06. The van der Waals surface area contributed by atoms with E-state index < -0.39 is 28.5 Å². The lowest BCUT2D eigenvalue weighted by atomic mass is 10.0. The highest BCUT2D eigenvalue weighted by Gasteiger charge is 2.26. The first-order valence-corrected chi connectivity index (χ1v) is 8.82. The number of methoxy groups -OCH3 is 1. The lowest BCUT2D eigenvalue weighted by Gasteiger charge is -2.16. The van der Waals surface area contributed by atoms with E-state index in [-0.39, 0.29) is 18.6 Å². The summed E-state index contributed by atoms with van der Waals surface area (Å²) in [6, 6.07) is 3.57. The number of carboxylic acids is 1. The third-order valence-corrected chi connectivity index (χ3v) is 3.74. The Morgan fingerprint density at radius 1 is 1.26 bits per heavy atom. The van der Waals surface area contributed by atoms with Crippen molar-refractivity contribution in [1.82, 2.24) is 5.32 Å². The summed E-state index contributed by atoms with van der Waals surface area (Å²) in [6.07, 6.45) is -1.37. The Balaban J connectivity index is 2.70. The molecule has 0 aliphatic rings. The highest BCUT2D eigenvalue weighted by atomic mass is 35.6. The van der Waals surface area contributed by atoms with Crippen LogP contribution in [0.25, 0.3) is 0 Å². The number of amides is 1. The molecule has 0 aliphatic heterocycles. The van der Waals surface area contributed by atoms with Gasteiger partial charge >= 0.3 is 12.1 Å². The third-order valence-electron chi connectivity index (χ3n) is 3.41. The van der Waals surface area contributed by atoms with Crippen LogP contribution in [0.15, 0.2) is 18.2 Å². The number of hydrogen-bond acceptors (Lipinski definition) is 6. The Morgan fingerprint density at radius 3 is 2.44 bits per heavy atom. The van der Waals surface area contributed by atoms with E-state index in [2.05, 4.69) is 15.4 Å². The first-order chi connectivity index (χ1) is 12.6.